The number of hydrogen-bond donors (Lipinski definition) is 3. The van der Waals surface area contributed by atoms with Crippen molar-refractivity contribution in [2.24, 2.45) is 0 Å². The summed E-state index contributed by atoms with van der Waals surface area (Å²) in [5.74, 6) is -1.00. The van der Waals surface area contributed by atoms with Crippen LogP contribution in [0, 0.1) is 17.0 Å². The Balaban J connectivity index is 2.15. The first-order valence-corrected chi connectivity index (χ1v) is 9.31. The lowest BCUT2D eigenvalue weighted by Gasteiger charge is -2.12. The highest BCUT2D eigenvalue weighted by Gasteiger charge is 2.23. The van der Waals surface area contributed by atoms with Gasteiger partial charge in [0.25, 0.3) is 21.7 Å². The standard InChI is InChI=1S/C18H14N2O7S/c1-10-2-5-16(20(23)24)14(6-10)18(22)19-15-8-12-7-13(21)4-3-11(12)9-17(15)28(25,26)27/h2-9,21H,1H3,(H,19,22)(H,25,26,27). The molecule has 1 amide bonds. The molecule has 28 heavy (non-hydrogen) atoms. The van der Waals surface area contributed by atoms with E-state index in [1.807, 2.05) is 0 Å². The highest BCUT2D eigenvalue weighted by atomic mass is 32.2. The predicted octanol–water partition coefficient (Wildman–Crippen LogP) is 3.26. The van der Waals surface area contributed by atoms with E-state index < -0.39 is 31.5 Å². The van der Waals surface area contributed by atoms with Crippen molar-refractivity contribution in [2.75, 3.05) is 5.32 Å². The molecule has 144 valence electrons. The van der Waals surface area contributed by atoms with Crippen molar-refractivity contribution in [3.63, 3.8) is 0 Å². The molecule has 0 fully saturated rings. The molecule has 0 aliphatic rings. The number of rotatable bonds is 4. The van der Waals surface area contributed by atoms with Crippen LogP contribution in [0.1, 0.15) is 15.9 Å². The molecule has 10 heteroatoms. The van der Waals surface area contributed by atoms with E-state index >= 15 is 0 Å². The number of phenols is 1. The average molecular weight is 402 g/mol. The summed E-state index contributed by atoms with van der Waals surface area (Å²) >= 11 is 0. The van der Waals surface area contributed by atoms with E-state index in [1.54, 1.807) is 6.92 Å². The maximum Gasteiger partial charge on any atom is 0.296 e. The monoisotopic (exact) mass is 402 g/mol. The molecule has 3 aromatic rings. The van der Waals surface area contributed by atoms with Crippen LogP contribution in [0.4, 0.5) is 11.4 Å². The smallest absolute Gasteiger partial charge is 0.296 e. The van der Waals surface area contributed by atoms with Crippen molar-refractivity contribution < 1.29 is 27.8 Å². The number of nitro groups is 1. The lowest BCUT2D eigenvalue weighted by atomic mass is 10.1. The van der Waals surface area contributed by atoms with Gasteiger partial charge in [0.15, 0.2) is 0 Å². The maximum atomic E-state index is 12.6. The number of nitrogens with one attached hydrogen (secondary N) is 1. The normalized spacial score (nSPS) is 11.4. The van der Waals surface area contributed by atoms with Crippen molar-refractivity contribution >= 4 is 38.2 Å². The zero-order valence-corrected chi connectivity index (χ0v) is 15.2. The number of nitrogens with zero attached hydrogens (tertiary/aromatic N) is 1. The Morgan fingerprint density at radius 1 is 1.07 bits per heavy atom. The van der Waals surface area contributed by atoms with Gasteiger partial charge in [0.1, 0.15) is 16.2 Å². The summed E-state index contributed by atoms with van der Waals surface area (Å²) in [5, 5.41) is 23.9. The Morgan fingerprint density at radius 3 is 2.43 bits per heavy atom. The zero-order chi connectivity index (χ0) is 20.6. The van der Waals surface area contributed by atoms with E-state index in [-0.39, 0.29) is 17.0 Å². The lowest BCUT2D eigenvalue weighted by molar-refractivity contribution is -0.385. The van der Waals surface area contributed by atoms with Crippen molar-refractivity contribution in [3.8, 4) is 5.75 Å². The molecule has 0 radical (unpaired) electrons. The number of benzene rings is 3. The van der Waals surface area contributed by atoms with Gasteiger partial charge in [-0.2, -0.15) is 8.42 Å². The van der Waals surface area contributed by atoms with E-state index in [2.05, 4.69) is 5.32 Å². The molecular formula is C18H14N2O7S. The number of carbonyl (C=O) groups excluding carboxylic acids is 1. The molecule has 0 spiro atoms. The lowest BCUT2D eigenvalue weighted by Crippen LogP contribution is -2.16. The van der Waals surface area contributed by atoms with Crippen LogP contribution in [-0.4, -0.2) is 28.9 Å². The number of aromatic hydroxyl groups is 1. The molecule has 0 heterocycles. The van der Waals surface area contributed by atoms with Crippen LogP contribution in [0.25, 0.3) is 10.8 Å². The minimum absolute atomic E-state index is 0.0845. The second-order valence-corrected chi connectivity index (χ2v) is 7.48. The van der Waals surface area contributed by atoms with Crippen LogP contribution in [-0.2, 0) is 10.1 Å². The van der Waals surface area contributed by atoms with E-state index in [1.165, 1.54) is 42.5 Å². The highest BCUT2D eigenvalue weighted by Crippen LogP contribution is 2.31. The Morgan fingerprint density at radius 2 is 1.79 bits per heavy atom. The molecule has 3 aromatic carbocycles. The molecule has 0 unspecified atom stereocenters. The van der Waals surface area contributed by atoms with Crippen molar-refractivity contribution in [2.45, 2.75) is 11.8 Å². The van der Waals surface area contributed by atoms with Crippen molar-refractivity contribution in [3.05, 3.63) is 69.8 Å². The number of carbonyl (C=O) groups is 1. The average Bonchev–Trinajstić information content (AvgIpc) is 2.59. The second kappa shape index (κ2) is 6.91. The SMILES string of the molecule is Cc1ccc([N+](=O)[O-])c(C(=O)Nc2cc3cc(O)ccc3cc2S(=O)(=O)O)c1. The van der Waals surface area contributed by atoms with Gasteiger partial charge in [0.2, 0.25) is 0 Å². The van der Waals surface area contributed by atoms with Crippen LogP contribution in [0.5, 0.6) is 5.75 Å². The van der Waals surface area contributed by atoms with Crippen molar-refractivity contribution in [1.82, 2.24) is 0 Å². The molecule has 0 saturated carbocycles. The summed E-state index contributed by atoms with van der Waals surface area (Å²) in [5.41, 5.74) is -0.396. The predicted molar refractivity (Wildman–Crippen MR) is 101 cm³/mol. The van der Waals surface area contributed by atoms with Gasteiger partial charge in [-0.15, -0.1) is 0 Å². The van der Waals surface area contributed by atoms with Crippen LogP contribution in [0.2, 0.25) is 0 Å². The van der Waals surface area contributed by atoms with E-state index in [9.17, 15) is 33.0 Å². The molecule has 0 bridgehead atoms. The fourth-order valence-corrected chi connectivity index (χ4v) is 3.42. The Hall–Kier alpha value is -3.50. The summed E-state index contributed by atoms with van der Waals surface area (Å²) < 4.78 is 33.0. The van der Waals surface area contributed by atoms with Crippen LogP contribution in [0.15, 0.2) is 53.4 Å². The molecular weight excluding hydrogens is 388 g/mol. The number of phenolic OH excluding ortho intramolecular Hbond substituents is 1. The van der Waals surface area contributed by atoms with Gasteiger partial charge >= 0.3 is 0 Å². The topological polar surface area (TPSA) is 147 Å². The summed E-state index contributed by atoms with van der Waals surface area (Å²) in [6, 6.07) is 10.4. The fourth-order valence-electron chi connectivity index (χ4n) is 2.76. The summed E-state index contributed by atoms with van der Waals surface area (Å²) in [4.78, 5) is 22.5. The number of amides is 1. The van der Waals surface area contributed by atoms with Gasteiger partial charge in [-0.25, -0.2) is 0 Å². The van der Waals surface area contributed by atoms with Crippen molar-refractivity contribution in [1.29, 1.82) is 0 Å². The minimum Gasteiger partial charge on any atom is -0.508 e. The third kappa shape index (κ3) is 3.77. The number of anilines is 1. The summed E-state index contributed by atoms with van der Waals surface area (Å²) in [7, 11) is -4.71. The third-order valence-electron chi connectivity index (χ3n) is 4.04. The zero-order valence-electron chi connectivity index (χ0n) is 14.4. The van der Waals surface area contributed by atoms with E-state index in [4.69, 9.17) is 0 Å². The number of nitro benzene ring substituents is 1. The molecule has 0 aromatic heterocycles. The van der Waals surface area contributed by atoms with Gasteiger partial charge in [0, 0.05) is 6.07 Å². The quantitative estimate of drug-likeness (QED) is 0.345. The summed E-state index contributed by atoms with van der Waals surface area (Å²) in [6.07, 6.45) is 0. The molecule has 0 aliphatic heterocycles. The minimum atomic E-state index is -4.71. The van der Waals surface area contributed by atoms with Gasteiger partial charge < -0.3 is 10.4 Å². The first-order chi connectivity index (χ1) is 13.1. The Kier molecular flexibility index (Phi) is 4.75. The molecule has 0 atom stereocenters. The summed E-state index contributed by atoms with van der Waals surface area (Å²) in [6.45, 7) is 1.64. The Bertz CT molecular complexity index is 1240. The fraction of sp³-hybridized carbons (Fsp3) is 0.0556. The van der Waals surface area contributed by atoms with Gasteiger partial charge in [-0.05, 0) is 53.6 Å². The highest BCUT2D eigenvalue weighted by molar-refractivity contribution is 7.86. The molecule has 3 rings (SSSR count). The molecule has 3 N–H and O–H groups in total. The van der Waals surface area contributed by atoms with E-state index in [0.717, 1.165) is 6.07 Å². The number of hydrogen-bond acceptors (Lipinski definition) is 6. The third-order valence-corrected chi connectivity index (χ3v) is 4.94. The number of aryl methyl sites for hydroxylation is 1. The molecule has 9 nitrogen and oxygen atoms in total. The first-order valence-electron chi connectivity index (χ1n) is 7.87. The largest absolute Gasteiger partial charge is 0.508 e. The van der Waals surface area contributed by atoms with Crippen LogP contribution in [0.3, 0.4) is 0 Å². The Labute approximate surface area is 159 Å². The first kappa shape index (κ1) is 19.3. The van der Waals surface area contributed by atoms with Gasteiger partial charge in [-0.3, -0.25) is 19.5 Å². The van der Waals surface area contributed by atoms with E-state index in [0.29, 0.717) is 16.3 Å². The maximum absolute atomic E-state index is 12.6. The number of fused-ring (bicyclic) bond motifs is 1. The second-order valence-electron chi connectivity index (χ2n) is 6.09. The van der Waals surface area contributed by atoms with Crippen LogP contribution < -0.4 is 5.32 Å². The molecule has 0 aliphatic carbocycles. The van der Waals surface area contributed by atoms with Gasteiger partial charge in [0.05, 0.1) is 10.6 Å². The molecule has 0 saturated heterocycles. The van der Waals surface area contributed by atoms with Gasteiger partial charge in [-0.1, -0.05) is 12.1 Å². The van der Waals surface area contributed by atoms with Crippen LogP contribution >= 0.6 is 0 Å².